The number of rotatable bonds is 6. The molecule has 0 spiro atoms. The van der Waals surface area contributed by atoms with Gasteiger partial charge in [-0.25, -0.2) is 9.18 Å². The number of carbonyl (C=O) groups excluding carboxylic acids is 1. The Kier molecular flexibility index (Phi) is 6.50. The van der Waals surface area contributed by atoms with Crippen LogP contribution in [0, 0.1) is 5.82 Å². The molecule has 0 aliphatic carbocycles. The highest BCUT2D eigenvalue weighted by molar-refractivity contribution is 7.80. The first-order chi connectivity index (χ1) is 11.9. The summed E-state index contributed by atoms with van der Waals surface area (Å²) in [7, 11) is 1.61. The third-order valence-corrected chi connectivity index (χ3v) is 4.37. The average molecular weight is 366 g/mol. The number of allylic oxidation sites excluding steroid dienone is 1. The number of nitrogens with zero attached hydrogens (tertiary/aromatic N) is 1. The summed E-state index contributed by atoms with van der Waals surface area (Å²) in [5, 5.41) is 3.61. The summed E-state index contributed by atoms with van der Waals surface area (Å²) < 4.78 is 24.1. The lowest BCUT2D eigenvalue weighted by atomic mass is 9.94. The van der Waals surface area contributed by atoms with Crippen molar-refractivity contribution in [3.63, 3.8) is 0 Å². The van der Waals surface area contributed by atoms with Crippen molar-refractivity contribution in [3.8, 4) is 0 Å². The van der Waals surface area contributed by atoms with Crippen molar-refractivity contribution in [3.05, 3.63) is 46.9 Å². The first kappa shape index (κ1) is 19.3. The lowest BCUT2D eigenvalue weighted by molar-refractivity contribution is -0.139. The molecule has 1 aromatic rings. The molecule has 1 heterocycles. The maximum atomic E-state index is 13.7. The minimum Gasteiger partial charge on any atom is -0.463 e. The van der Waals surface area contributed by atoms with Gasteiger partial charge in [-0.05, 0) is 50.7 Å². The van der Waals surface area contributed by atoms with Crippen LogP contribution in [0.15, 0.2) is 35.5 Å². The topological polar surface area (TPSA) is 50.8 Å². The molecule has 0 saturated heterocycles. The van der Waals surface area contributed by atoms with Gasteiger partial charge < -0.3 is 19.7 Å². The van der Waals surface area contributed by atoms with Gasteiger partial charge in [0.15, 0.2) is 5.11 Å². The number of thiocarbonyl (C=S) groups is 1. The fourth-order valence-corrected chi connectivity index (χ4v) is 3.45. The van der Waals surface area contributed by atoms with E-state index in [1.165, 1.54) is 12.1 Å². The molecule has 0 fully saturated rings. The van der Waals surface area contributed by atoms with E-state index in [0.29, 0.717) is 28.6 Å². The molecule has 0 saturated carbocycles. The first-order valence-electron chi connectivity index (χ1n) is 8.12. The summed E-state index contributed by atoms with van der Waals surface area (Å²) in [6, 6.07) is 5.48. The number of nitrogens with one attached hydrogen (secondary N) is 1. The van der Waals surface area contributed by atoms with Crippen molar-refractivity contribution in [1.82, 2.24) is 10.2 Å². The zero-order valence-corrected chi connectivity index (χ0v) is 15.7. The predicted molar refractivity (Wildman–Crippen MR) is 97.4 cm³/mol. The quantitative estimate of drug-likeness (QED) is 0.617. The van der Waals surface area contributed by atoms with Gasteiger partial charge in [0.1, 0.15) is 5.82 Å². The van der Waals surface area contributed by atoms with Crippen molar-refractivity contribution in [2.24, 2.45) is 0 Å². The lowest BCUT2D eigenvalue weighted by Gasteiger charge is -2.40. The molecule has 2 rings (SSSR count). The molecule has 1 aliphatic heterocycles. The number of hydrogen-bond donors (Lipinski definition) is 1. The minimum atomic E-state index is -0.562. The standard InChI is InChI=1S/C18H23FN2O3S/c1-5-24-17(22)15-12(3)21(11(2)10-23-4)18(25)20-16(15)13-7-6-8-14(19)9-13/h6-9,11,16H,5,10H2,1-4H3,(H,20,25)/t11-,16+/m0/s1. The Hall–Kier alpha value is -1.99. The first-order valence-corrected chi connectivity index (χ1v) is 8.53. The van der Waals surface area contributed by atoms with Crippen LogP contribution >= 0.6 is 12.2 Å². The molecule has 136 valence electrons. The summed E-state index contributed by atoms with van der Waals surface area (Å²) in [5.74, 6) is -0.819. The van der Waals surface area contributed by atoms with Gasteiger partial charge in [0.25, 0.3) is 0 Å². The third-order valence-electron chi connectivity index (χ3n) is 4.05. The lowest BCUT2D eigenvalue weighted by Crippen LogP contribution is -2.52. The number of methoxy groups -OCH3 is 1. The van der Waals surface area contributed by atoms with E-state index in [0.717, 1.165) is 0 Å². The van der Waals surface area contributed by atoms with Crippen LogP contribution in [0.3, 0.4) is 0 Å². The van der Waals surface area contributed by atoms with E-state index in [-0.39, 0.29) is 18.5 Å². The number of hydrogen-bond acceptors (Lipinski definition) is 4. The number of halogens is 1. The van der Waals surface area contributed by atoms with E-state index in [9.17, 15) is 9.18 Å². The molecular formula is C18H23FN2O3S. The Bertz CT molecular complexity index is 693. The highest BCUT2D eigenvalue weighted by Crippen LogP contribution is 2.32. The van der Waals surface area contributed by atoms with Crippen LogP contribution in [0.5, 0.6) is 0 Å². The Labute approximate surface area is 152 Å². The van der Waals surface area contributed by atoms with Crippen molar-refractivity contribution >= 4 is 23.3 Å². The fraction of sp³-hybridized carbons (Fsp3) is 0.444. The molecule has 0 aromatic heterocycles. The second-order valence-corrected chi connectivity index (χ2v) is 6.22. The van der Waals surface area contributed by atoms with Crippen molar-refractivity contribution < 1.29 is 18.7 Å². The SMILES string of the molecule is CCOC(=O)C1=C(C)N([C@@H](C)COC)C(=S)N[C@@H]1c1cccc(F)c1. The fourth-order valence-electron chi connectivity index (χ4n) is 3.01. The predicted octanol–water partition coefficient (Wildman–Crippen LogP) is 2.93. The second-order valence-electron chi connectivity index (χ2n) is 5.83. The van der Waals surface area contributed by atoms with Gasteiger partial charge >= 0.3 is 5.97 Å². The molecule has 1 aliphatic rings. The largest absolute Gasteiger partial charge is 0.463 e. The smallest absolute Gasteiger partial charge is 0.338 e. The second kappa shape index (κ2) is 8.40. The van der Waals surface area contributed by atoms with Crippen molar-refractivity contribution in [2.45, 2.75) is 32.9 Å². The van der Waals surface area contributed by atoms with E-state index in [1.807, 2.05) is 18.7 Å². The van der Waals surface area contributed by atoms with Gasteiger partial charge in [0, 0.05) is 12.8 Å². The molecule has 7 heteroatoms. The zero-order valence-electron chi connectivity index (χ0n) is 14.8. The molecule has 1 aromatic carbocycles. The maximum absolute atomic E-state index is 13.7. The summed E-state index contributed by atoms with van der Waals surface area (Å²) in [6.45, 7) is 6.21. The number of carbonyl (C=O) groups is 1. The van der Waals surface area contributed by atoms with Crippen LogP contribution < -0.4 is 5.32 Å². The highest BCUT2D eigenvalue weighted by atomic mass is 32.1. The molecule has 5 nitrogen and oxygen atoms in total. The van der Waals surface area contributed by atoms with Gasteiger partial charge in [-0.1, -0.05) is 12.1 Å². The molecule has 0 unspecified atom stereocenters. The molecule has 0 radical (unpaired) electrons. The van der Waals surface area contributed by atoms with Gasteiger partial charge in [0.05, 0.1) is 30.9 Å². The Morgan fingerprint density at radius 2 is 2.20 bits per heavy atom. The van der Waals surface area contributed by atoms with Gasteiger partial charge in [-0.3, -0.25) is 0 Å². The van der Waals surface area contributed by atoms with E-state index in [1.54, 1.807) is 26.2 Å². The monoisotopic (exact) mass is 366 g/mol. The average Bonchev–Trinajstić information content (AvgIpc) is 2.54. The molecule has 1 N–H and O–H groups in total. The van der Waals surface area contributed by atoms with Gasteiger partial charge in [0.2, 0.25) is 0 Å². The molecule has 25 heavy (non-hydrogen) atoms. The third kappa shape index (κ3) is 4.16. The van der Waals surface area contributed by atoms with Crippen LogP contribution in [-0.2, 0) is 14.3 Å². The van der Waals surface area contributed by atoms with Gasteiger partial charge in [-0.15, -0.1) is 0 Å². The molecular weight excluding hydrogens is 343 g/mol. The van der Waals surface area contributed by atoms with Crippen molar-refractivity contribution in [1.29, 1.82) is 0 Å². The van der Waals surface area contributed by atoms with Crippen LogP contribution in [0.25, 0.3) is 0 Å². The highest BCUT2D eigenvalue weighted by Gasteiger charge is 2.36. The Morgan fingerprint density at radius 1 is 1.48 bits per heavy atom. The Morgan fingerprint density at radius 3 is 2.80 bits per heavy atom. The van der Waals surface area contributed by atoms with E-state index in [4.69, 9.17) is 21.7 Å². The molecule has 2 atom stereocenters. The summed E-state index contributed by atoms with van der Waals surface area (Å²) >= 11 is 5.49. The zero-order chi connectivity index (χ0) is 18.6. The maximum Gasteiger partial charge on any atom is 0.338 e. The van der Waals surface area contributed by atoms with Crippen molar-refractivity contribution in [2.75, 3.05) is 20.3 Å². The van der Waals surface area contributed by atoms with E-state index < -0.39 is 12.0 Å². The molecule has 0 amide bonds. The van der Waals surface area contributed by atoms with E-state index >= 15 is 0 Å². The summed E-state index contributed by atoms with van der Waals surface area (Å²) in [4.78, 5) is 14.4. The summed E-state index contributed by atoms with van der Waals surface area (Å²) in [6.07, 6.45) is 0. The number of ether oxygens (including phenoxy) is 2. The van der Waals surface area contributed by atoms with Crippen LogP contribution in [0.2, 0.25) is 0 Å². The minimum absolute atomic E-state index is 0.0668. The number of esters is 1. The molecule has 0 bridgehead atoms. The summed E-state index contributed by atoms with van der Waals surface area (Å²) in [5.41, 5.74) is 1.72. The number of benzene rings is 1. The Balaban J connectivity index is 2.53. The van der Waals surface area contributed by atoms with E-state index in [2.05, 4.69) is 5.32 Å². The van der Waals surface area contributed by atoms with Gasteiger partial charge in [-0.2, -0.15) is 0 Å². The van der Waals surface area contributed by atoms with Crippen LogP contribution in [-0.4, -0.2) is 42.3 Å². The van der Waals surface area contributed by atoms with Crippen LogP contribution in [0.4, 0.5) is 4.39 Å². The normalized spacial score (nSPS) is 18.8. The van der Waals surface area contributed by atoms with Crippen LogP contribution in [0.1, 0.15) is 32.4 Å².